The minimum atomic E-state index is -0.543. The van der Waals surface area contributed by atoms with Gasteiger partial charge in [0.05, 0.1) is 44.0 Å². The molecule has 4 aromatic rings. The van der Waals surface area contributed by atoms with Crippen LogP contribution in [0, 0.1) is 0 Å². The van der Waals surface area contributed by atoms with E-state index >= 15 is 0 Å². The van der Waals surface area contributed by atoms with Gasteiger partial charge in [0.2, 0.25) is 11.8 Å². The van der Waals surface area contributed by atoms with Gasteiger partial charge >= 0.3 is 5.97 Å². The Morgan fingerprint density at radius 2 is 1.82 bits per heavy atom. The van der Waals surface area contributed by atoms with E-state index in [-0.39, 0.29) is 31.4 Å². The Hall–Kier alpha value is -4.16. The Balaban J connectivity index is 1.29. The first kappa shape index (κ1) is 31.3. The van der Waals surface area contributed by atoms with Gasteiger partial charge in [-0.05, 0) is 61.9 Å². The number of carbonyl (C=O) groups excluding carboxylic acids is 3. The van der Waals surface area contributed by atoms with Gasteiger partial charge < -0.3 is 24.7 Å². The first-order chi connectivity index (χ1) is 21.4. The number of thiophene rings is 1. The van der Waals surface area contributed by atoms with Gasteiger partial charge in [-0.3, -0.25) is 9.59 Å². The molecule has 2 N–H and O–H groups in total. The first-order valence-corrected chi connectivity index (χ1v) is 16.2. The zero-order valence-electron chi connectivity index (χ0n) is 24.9. The molecule has 2 aromatic heterocycles. The molecule has 2 heterocycles. The van der Waals surface area contributed by atoms with E-state index < -0.39 is 11.2 Å². The van der Waals surface area contributed by atoms with E-state index in [1.165, 1.54) is 23.1 Å². The van der Waals surface area contributed by atoms with Crippen LogP contribution in [0.15, 0.2) is 59.8 Å². The number of nitrogens with zero attached hydrogens (tertiary/aromatic N) is 3. The summed E-state index contributed by atoms with van der Waals surface area (Å²) in [4.78, 5) is 40.0. The normalized spacial score (nSPS) is 12.8. The third-order valence-corrected chi connectivity index (χ3v) is 9.52. The highest BCUT2D eigenvalue weighted by Crippen LogP contribution is 2.40. The van der Waals surface area contributed by atoms with Crippen molar-refractivity contribution in [1.29, 1.82) is 0 Å². The maximum Gasteiger partial charge on any atom is 0.341 e. The SMILES string of the molecule is CCOC(=O)c1c(NC(=O)[C@H](C)Sc2nnc(CNC(=O)Cc3ccc(OC)cc3)n2Cc2ccccc2)sc2c1CCC2. The van der Waals surface area contributed by atoms with E-state index in [2.05, 4.69) is 20.8 Å². The summed E-state index contributed by atoms with van der Waals surface area (Å²) in [5.74, 6) is 0.514. The van der Waals surface area contributed by atoms with Crippen molar-refractivity contribution in [3.8, 4) is 5.75 Å². The topological polar surface area (TPSA) is 124 Å². The molecule has 0 saturated carbocycles. The van der Waals surface area contributed by atoms with Crippen LogP contribution in [0.5, 0.6) is 5.75 Å². The molecular weight excluding hydrogens is 599 g/mol. The van der Waals surface area contributed by atoms with Crippen LogP contribution in [0.2, 0.25) is 0 Å². The number of aromatic nitrogens is 3. The number of nitrogens with one attached hydrogen (secondary N) is 2. The van der Waals surface area contributed by atoms with E-state index in [0.29, 0.717) is 28.1 Å². The zero-order chi connectivity index (χ0) is 31.1. The quantitative estimate of drug-likeness (QED) is 0.155. The molecule has 1 aliphatic rings. The molecule has 0 saturated heterocycles. The third-order valence-electron chi connectivity index (χ3n) is 7.23. The first-order valence-electron chi connectivity index (χ1n) is 14.5. The van der Waals surface area contributed by atoms with Crippen molar-refractivity contribution in [1.82, 2.24) is 20.1 Å². The number of ether oxygens (including phenoxy) is 2. The minimum Gasteiger partial charge on any atom is -0.497 e. The number of carbonyl (C=O) groups is 3. The van der Waals surface area contributed by atoms with Gasteiger partial charge in [0.15, 0.2) is 11.0 Å². The van der Waals surface area contributed by atoms with E-state index in [1.54, 1.807) is 21.0 Å². The standard InChI is InChI=1S/C32H35N5O5S2/c1-4-42-31(40)28-24-11-8-12-25(24)44-30(28)34-29(39)20(2)43-32-36-35-26(37(32)19-22-9-6-5-7-10-22)18-33-27(38)17-21-13-15-23(41-3)16-14-21/h5-7,9-10,13-16,20H,4,8,11-12,17-19H2,1-3H3,(H,33,38)(H,34,39)/t20-/m0/s1. The molecule has 0 fully saturated rings. The fraction of sp³-hybridized carbons (Fsp3) is 0.344. The van der Waals surface area contributed by atoms with Gasteiger partial charge in [-0.2, -0.15) is 0 Å². The second-order valence-electron chi connectivity index (χ2n) is 10.3. The highest BCUT2D eigenvalue weighted by molar-refractivity contribution is 8.00. The number of rotatable bonds is 13. The van der Waals surface area contributed by atoms with Crippen molar-refractivity contribution < 1.29 is 23.9 Å². The van der Waals surface area contributed by atoms with Crippen LogP contribution in [0.3, 0.4) is 0 Å². The molecule has 2 amide bonds. The Kier molecular flexibility index (Phi) is 10.3. The summed E-state index contributed by atoms with van der Waals surface area (Å²) in [6.45, 7) is 4.49. The summed E-state index contributed by atoms with van der Waals surface area (Å²) in [7, 11) is 1.60. The van der Waals surface area contributed by atoms with Crippen LogP contribution in [0.4, 0.5) is 5.00 Å². The van der Waals surface area contributed by atoms with Crippen LogP contribution >= 0.6 is 23.1 Å². The summed E-state index contributed by atoms with van der Waals surface area (Å²) in [6, 6.07) is 17.2. The van der Waals surface area contributed by atoms with Crippen LogP contribution in [0.25, 0.3) is 0 Å². The number of thioether (sulfide) groups is 1. The van der Waals surface area contributed by atoms with Gasteiger partial charge in [0, 0.05) is 4.88 Å². The smallest absolute Gasteiger partial charge is 0.341 e. The molecule has 10 nitrogen and oxygen atoms in total. The van der Waals surface area contributed by atoms with Crippen LogP contribution in [-0.4, -0.2) is 51.5 Å². The lowest BCUT2D eigenvalue weighted by molar-refractivity contribution is -0.120. The predicted molar refractivity (Wildman–Crippen MR) is 170 cm³/mol. The molecule has 1 aliphatic carbocycles. The molecule has 0 unspecified atom stereocenters. The maximum atomic E-state index is 13.4. The molecule has 12 heteroatoms. The highest BCUT2D eigenvalue weighted by atomic mass is 32.2. The fourth-order valence-electron chi connectivity index (χ4n) is 4.97. The maximum absolute atomic E-state index is 13.4. The number of fused-ring (bicyclic) bond motifs is 1. The third kappa shape index (κ3) is 7.48. The van der Waals surface area contributed by atoms with E-state index in [0.717, 1.165) is 46.6 Å². The van der Waals surface area contributed by atoms with Gasteiger partial charge in [-0.25, -0.2) is 4.79 Å². The molecule has 0 bridgehead atoms. The number of methoxy groups -OCH3 is 1. The molecule has 0 aliphatic heterocycles. The predicted octanol–water partition coefficient (Wildman–Crippen LogP) is 5.04. The summed E-state index contributed by atoms with van der Waals surface area (Å²) >= 11 is 2.73. The molecule has 44 heavy (non-hydrogen) atoms. The van der Waals surface area contributed by atoms with Crippen LogP contribution in [0.1, 0.15) is 58.0 Å². The second-order valence-corrected chi connectivity index (χ2v) is 12.7. The monoisotopic (exact) mass is 633 g/mol. The van der Waals surface area contributed by atoms with Gasteiger partial charge in [0.1, 0.15) is 10.8 Å². The van der Waals surface area contributed by atoms with Crippen molar-refractivity contribution in [2.24, 2.45) is 0 Å². The number of esters is 1. The molecule has 230 valence electrons. The number of hydrogen-bond acceptors (Lipinski definition) is 9. The van der Waals surface area contributed by atoms with Crippen molar-refractivity contribution in [3.63, 3.8) is 0 Å². The van der Waals surface area contributed by atoms with Crippen LogP contribution < -0.4 is 15.4 Å². The van der Waals surface area contributed by atoms with Crippen molar-refractivity contribution in [3.05, 3.63) is 87.6 Å². The molecular formula is C32H35N5O5S2. The summed E-state index contributed by atoms with van der Waals surface area (Å²) in [5, 5.41) is 15.2. The van der Waals surface area contributed by atoms with Gasteiger partial charge in [0.25, 0.3) is 0 Å². The largest absolute Gasteiger partial charge is 0.497 e. The van der Waals surface area contributed by atoms with Crippen molar-refractivity contribution in [2.45, 2.75) is 63.0 Å². The molecule has 1 atom stereocenters. The Morgan fingerprint density at radius 1 is 1.05 bits per heavy atom. The Bertz CT molecular complexity index is 1620. The molecule has 0 spiro atoms. The highest BCUT2D eigenvalue weighted by Gasteiger charge is 2.30. The van der Waals surface area contributed by atoms with Gasteiger partial charge in [-0.1, -0.05) is 54.2 Å². The molecule has 5 rings (SSSR count). The summed E-state index contributed by atoms with van der Waals surface area (Å²) < 4.78 is 12.4. The lowest BCUT2D eigenvalue weighted by Gasteiger charge is -2.15. The lowest BCUT2D eigenvalue weighted by Crippen LogP contribution is -2.27. The van der Waals surface area contributed by atoms with Gasteiger partial charge in [-0.15, -0.1) is 21.5 Å². The van der Waals surface area contributed by atoms with E-state index in [4.69, 9.17) is 9.47 Å². The van der Waals surface area contributed by atoms with Crippen LogP contribution in [-0.2, 0) is 46.7 Å². The number of anilines is 1. The summed E-state index contributed by atoms with van der Waals surface area (Å²) in [5.41, 5.74) is 3.37. The van der Waals surface area contributed by atoms with Crippen molar-refractivity contribution >= 4 is 45.9 Å². The number of amides is 2. The Labute approximate surface area is 264 Å². The van der Waals surface area contributed by atoms with Crippen molar-refractivity contribution in [2.75, 3.05) is 19.0 Å². The summed E-state index contributed by atoms with van der Waals surface area (Å²) in [6.07, 6.45) is 2.92. The second kappa shape index (κ2) is 14.5. The minimum absolute atomic E-state index is 0.147. The number of aryl methyl sites for hydroxylation is 1. The number of benzene rings is 2. The lowest BCUT2D eigenvalue weighted by atomic mass is 10.1. The number of hydrogen-bond donors (Lipinski definition) is 2. The molecule has 0 radical (unpaired) electrons. The fourth-order valence-corrected chi connectivity index (χ4v) is 7.11. The van der Waals surface area contributed by atoms with E-state index in [9.17, 15) is 14.4 Å². The zero-order valence-corrected chi connectivity index (χ0v) is 26.6. The average Bonchev–Trinajstić information content (AvgIpc) is 3.72. The Morgan fingerprint density at radius 3 is 2.55 bits per heavy atom. The molecule has 2 aromatic carbocycles. The average molecular weight is 634 g/mol. The van der Waals surface area contributed by atoms with E-state index in [1.807, 2.05) is 59.2 Å².